The molecule has 20 heavy (non-hydrogen) atoms. The molecular formula is C15H16Cl2N2O. The zero-order valence-electron chi connectivity index (χ0n) is 11.2. The Morgan fingerprint density at radius 3 is 2.65 bits per heavy atom. The largest absolute Gasteiger partial charge is 0.455 e. The van der Waals surface area contributed by atoms with Gasteiger partial charge in [0.2, 0.25) is 0 Å². The minimum atomic E-state index is 0.544. The SMILES string of the molecule is CCCNCc1ccncc1Oc1cc(Cl)cc(Cl)c1. The van der Waals surface area contributed by atoms with Gasteiger partial charge >= 0.3 is 0 Å². The molecule has 2 rings (SSSR count). The molecular weight excluding hydrogens is 295 g/mol. The highest BCUT2D eigenvalue weighted by Crippen LogP contribution is 2.29. The van der Waals surface area contributed by atoms with E-state index in [1.165, 1.54) is 0 Å². The minimum absolute atomic E-state index is 0.544. The Hall–Kier alpha value is -1.29. The molecule has 0 bridgehead atoms. The molecule has 0 aliphatic carbocycles. The van der Waals surface area contributed by atoms with Crippen molar-refractivity contribution in [2.45, 2.75) is 19.9 Å². The van der Waals surface area contributed by atoms with Gasteiger partial charge in [-0.15, -0.1) is 0 Å². The topological polar surface area (TPSA) is 34.2 Å². The number of rotatable bonds is 6. The fraction of sp³-hybridized carbons (Fsp3) is 0.267. The van der Waals surface area contributed by atoms with Crippen molar-refractivity contribution in [2.75, 3.05) is 6.54 Å². The van der Waals surface area contributed by atoms with Crippen LogP contribution in [0.4, 0.5) is 0 Å². The summed E-state index contributed by atoms with van der Waals surface area (Å²) < 4.78 is 5.83. The van der Waals surface area contributed by atoms with Gasteiger partial charge in [-0.05, 0) is 37.2 Å². The first-order valence-corrected chi connectivity index (χ1v) is 7.22. The van der Waals surface area contributed by atoms with E-state index in [0.29, 0.717) is 21.5 Å². The first-order chi connectivity index (χ1) is 9.69. The zero-order chi connectivity index (χ0) is 14.4. The van der Waals surface area contributed by atoms with Crippen molar-refractivity contribution in [1.29, 1.82) is 0 Å². The molecule has 106 valence electrons. The maximum atomic E-state index is 5.97. The lowest BCUT2D eigenvalue weighted by molar-refractivity contribution is 0.470. The fourth-order valence-electron chi connectivity index (χ4n) is 1.76. The van der Waals surface area contributed by atoms with Gasteiger partial charge in [-0.1, -0.05) is 30.1 Å². The van der Waals surface area contributed by atoms with Gasteiger partial charge in [-0.3, -0.25) is 4.98 Å². The van der Waals surface area contributed by atoms with Gasteiger partial charge in [0, 0.05) is 28.4 Å². The normalized spacial score (nSPS) is 10.6. The van der Waals surface area contributed by atoms with E-state index in [0.717, 1.165) is 25.1 Å². The van der Waals surface area contributed by atoms with Crippen LogP contribution in [0, 0.1) is 0 Å². The highest BCUT2D eigenvalue weighted by atomic mass is 35.5. The molecule has 1 heterocycles. The van der Waals surface area contributed by atoms with Crippen LogP contribution in [-0.4, -0.2) is 11.5 Å². The van der Waals surface area contributed by atoms with E-state index in [4.69, 9.17) is 27.9 Å². The summed E-state index contributed by atoms with van der Waals surface area (Å²) in [5.74, 6) is 1.31. The molecule has 0 aliphatic heterocycles. The van der Waals surface area contributed by atoms with E-state index in [2.05, 4.69) is 17.2 Å². The van der Waals surface area contributed by atoms with E-state index in [1.54, 1.807) is 30.6 Å². The van der Waals surface area contributed by atoms with Gasteiger partial charge in [0.15, 0.2) is 0 Å². The van der Waals surface area contributed by atoms with Crippen LogP contribution in [0.25, 0.3) is 0 Å². The quantitative estimate of drug-likeness (QED) is 0.787. The molecule has 1 aromatic heterocycles. The molecule has 5 heteroatoms. The second kappa shape index (κ2) is 7.48. The van der Waals surface area contributed by atoms with Crippen LogP contribution in [0.2, 0.25) is 10.0 Å². The number of hydrogen-bond acceptors (Lipinski definition) is 3. The Balaban J connectivity index is 2.15. The van der Waals surface area contributed by atoms with Crippen molar-refractivity contribution in [3.8, 4) is 11.5 Å². The first kappa shape index (κ1) is 15.1. The lowest BCUT2D eigenvalue weighted by Crippen LogP contribution is -2.14. The summed E-state index contributed by atoms with van der Waals surface area (Å²) in [5.41, 5.74) is 1.05. The molecule has 3 nitrogen and oxygen atoms in total. The number of ether oxygens (including phenoxy) is 1. The van der Waals surface area contributed by atoms with Crippen LogP contribution in [0.3, 0.4) is 0 Å². The first-order valence-electron chi connectivity index (χ1n) is 6.46. The van der Waals surface area contributed by atoms with Gasteiger partial charge in [-0.2, -0.15) is 0 Å². The lowest BCUT2D eigenvalue weighted by Gasteiger charge is -2.11. The maximum Gasteiger partial charge on any atom is 0.150 e. The van der Waals surface area contributed by atoms with E-state index in [1.807, 2.05) is 6.07 Å². The Bertz CT molecular complexity index is 555. The fourth-order valence-corrected chi connectivity index (χ4v) is 2.27. The number of nitrogens with one attached hydrogen (secondary N) is 1. The monoisotopic (exact) mass is 310 g/mol. The minimum Gasteiger partial charge on any atom is -0.455 e. The lowest BCUT2D eigenvalue weighted by atomic mass is 10.2. The molecule has 0 spiro atoms. The zero-order valence-corrected chi connectivity index (χ0v) is 12.7. The third kappa shape index (κ3) is 4.37. The number of nitrogens with zero attached hydrogens (tertiary/aromatic N) is 1. The van der Waals surface area contributed by atoms with Crippen molar-refractivity contribution in [3.63, 3.8) is 0 Å². The number of aromatic nitrogens is 1. The van der Waals surface area contributed by atoms with Gasteiger partial charge < -0.3 is 10.1 Å². The van der Waals surface area contributed by atoms with E-state index in [9.17, 15) is 0 Å². The third-order valence-corrected chi connectivity index (χ3v) is 3.11. The summed E-state index contributed by atoms with van der Waals surface area (Å²) in [4.78, 5) is 4.10. The Kier molecular flexibility index (Phi) is 5.65. The summed E-state index contributed by atoms with van der Waals surface area (Å²) in [7, 11) is 0. The summed E-state index contributed by atoms with van der Waals surface area (Å²) in [6.07, 6.45) is 4.53. The summed E-state index contributed by atoms with van der Waals surface area (Å²) in [6, 6.07) is 7.06. The molecule has 0 atom stereocenters. The molecule has 0 unspecified atom stereocenters. The highest BCUT2D eigenvalue weighted by molar-refractivity contribution is 6.34. The molecule has 0 radical (unpaired) electrons. The molecule has 1 aromatic carbocycles. The van der Waals surface area contributed by atoms with Crippen molar-refractivity contribution in [1.82, 2.24) is 10.3 Å². The highest BCUT2D eigenvalue weighted by Gasteiger charge is 2.06. The van der Waals surface area contributed by atoms with Crippen molar-refractivity contribution in [2.24, 2.45) is 0 Å². The average Bonchev–Trinajstić information content (AvgIpc) is 2.40. The molecule has 0 amide bonds. The predicted molar refractivity (Wildman–Crippen MR) is 82.8 cm³/mol. The Labute approximate surface area is 128 Å². The van der Waals surface area contributed by atoms with Crippen molar-refractivity contribution >= 4 is 23.2 Å². The Morgan fingerprint density at radius 2 is 1.95 bits per heavy atom. The van der Waals surface area contributed by atoms with Crippen LogP contribution >= 0.6 is 23.2 Å². The predicted octanol–water partition coefficient (Wildman–Crippen LogP) is 4.68. The number of pyridine rings is 1. The second-order valence-electron chi connectivity index (χ2n) is 4.37. The standard InChI is InChI=1S/C15H16Cl2N2O/c1-2-4-18-9-11-3-5-19-10-15(11)20-14-7-12(16)6-13(17)8-14/h3,5-8,10,18H,2,4,9H2,1H3. The summed E-state index contributed by atoms with van der Waals surface area (Å²) >= 11 is 11.9. The maximum absolute atomic E-state index is 5.97. The Morgan fingerprint density at radius 1 is 1.20 bits per heavy atom. The summed E-state index contributed by atoms with van der Waals surface area (Å²) in [6.45, 7) is 3.83. The molecule has 1 N–H and O–H groups in total. The number of halogens is 2. The summed E-state index contributed by atoms with van der Waals surface area (Å²) in [5, 5.41) is 4.43. The van der Waals surface area contributed by atoms with Gasteiger partial charge in [0.25, 0.3) is 0 Å². The number of hydrogen-bond donors (Lipinski definition) is 1. The second-order valence-corrected chi connectivity index (χ2v) is 5.24. The van der Waals surface area contributed by atoms with Crippen molar-refractivity contribution < 1.29 is 4.74 Å². The van der Waals surface area contributed by atoms with Crippen LogP contribution in [0.5, 0.6) is 11.5 Å². The average molecular weight is 311 g/mol. The van der Waals surface area contributed by atoms with Crippen LogP contribution in [-0.2, 0) is 6.54 Å². The smallest absolute Gasteiger partial charge is 0.150 e. The van der Waals surface area contributed by atoms with Gasteiger partial charge in [0.05, 0.1) is 6.20 Å². The molecule has 0 saturated carbocycles. The van der Waals surface area contributed by atoms with E-state index in [-0.39, 0.29) is 0 Å². The van der Waals surface area contributed by atoms with Gasteiger partial charge in [-0.25, -0.2) is 0 Å². The third-order valence-electron chi connectivity index (χ3n) is 2.68. The number of benzene rings is 1. The molecule has 0 saturated heterocycles. The van der Waals surface area contributed by atoms with Crippen LogP contribution in [0.15, 0.2) is 36.7 Å². The van der Waals surface area contributed by atoms with E-state index < -0.39 is 0 Å². The van der Waals surface area contributed by atoms with Gasteiger partial charge in [0.1, 0.15) is 11.5 Å². The van der Waals surface area contributed by atoms with Crippen molar-refractivity contribution in [3.05, 3.63) is 52.3 Å². The molecule has 2 aromatic rings. The van der Waals surface area contributed by atoms with Crippen LogP contribution < -0.4 is 10.1 Å². The molecule has 0 aliphatic rings. The van der Waals surface area contributed by atoms with E-state index >= 15 is 0 Å². The van der Waals surface area contributed by atoms with Crippen LogP contribution in [0.1, 0.15) is 18.9 Å². The molecule has 0 fully saturated rings.